The molecule has 0 N–H and O–H groups in total. The van der Waals surface area contributed by atoms with Gasteiger partial charge in [-0.3, -0.25) is 14.5 Å². The second-order valence-corrected chi connectivity index (χ2v) is 8.28. The third kappa shape index (κ3) is 5.59. The van der Waals surface area contributed by atoms with E-state index in [0.29, 0.717) is 38.2 Å². The van der Waals surface area contributed by atoms with Crippen LogP contribution in [-0.4, -0.2) is 79.5 Å². The van der Waals surface area contributed by atoms with E-state index >= 15 is 0 Å². The van der Waals surface area contributed by atoms with Crippen molar-refractivity contribution in [1.29, 1.82) is 0 Å². The molecule has 0 bridgehead atoms. The van der Waals surface area contributed by atoms with E-state index in [-0.39, 0.29) is 11.8 Å². The number of benzene rings is 2. The lowest BCUT2D eigenvalue weighted by Gasteiger charge is -2.34. The average molecular weight is 438 g/mol. The van der Waals surface area contributed by atoms with E-state index < -0.39 is 0 Å². The molecule has 0 saturated carbocycles. The normalized spacial score (nSPS) is 17.0. The van der Waals surface area contributed by atoms with Gasteiger partial charge in [-0.2, -0.15) is 0 Å². The zero-order valence-corrected chi connectivity index (χ0v) is 18.7. The first-order valence-electron chi connectivity index (χ1n) is 11.3. The van der Waals surface area contributed by atoms with Crippen molar-refractivity contribution >= 4 is 11.8 Å². The fourth-order valence-corrected chi connectivity index (χ4v) is 4.22. The van der Waals surface area contributed by atoms with Crippen molar-refractivity contribution in [3.05, 3.63) is 59.7 Å². The molecule has 2 amide bonds. The van der Waals surface area contributed by atoms with Gasteiger partial charge in [0.25, 0.3) is 5.91 Å². The van der Waals surface area contributed by atoms with Crippen molar-refractivity contribution in [2.24, 2.45) is 0 Å². The first-order chi connectivity index (χ1) is 15.6. The van der Waals surface area contributed by atoms with Crippen LogP contribution in [0.1, 0.15) is 28.8 Å². The van der Waals surface area contributed by atoms with Crippen molar-refractivity contribution in [2.45, 2.75) is 19.4 Å². The summed E-state index contributed by atoms with van der Waals surface area (Å²) in [7, 11) is 1.65. The quantitative estimate of drug-likeness (QED) is 0.635. The fourth-order valence-electron chi connectivity index (χ4n) is 4.22. The minimum absolute atomic E-state index is 0.0636. The molecule has 0 aliphatic carbocycles. The van der Waals surface area contributed by atoms with Crippen molar-refractivity contribution in [1.82, 2.24) is 14.7 Å². The molecule has 2 aliphatic heterocycles. The number of likely N-dealkylation sites (tertiary alicyclic amines) is 1. The highest BCUT2D eigenvalue weighted by molar-refractivity contribution is 5.94. The van der Waals surface area contributed by atoms with Crippen LogP contribution in [0.25, 0.3) is 0 Å². The summed E-state index contributed by atoms with van der Waals surface area (Å²) in [6, 6.07) is 15.3. The van der Waals surface area contributed by atoms with E-state index in [1.807, 2.05) is 58.3 Å². The molecule has 2 aromatic carbocycles. The van der Waals surface area contributed by atoms with Crippen LogP contribution in [0.2, 0.25) is 0 Å². The van der Waals surface area contributed by atoms with Gasteiger partial charge in [0, 0.05) is 57.8 Å². The van der Waals surface area contributed by atoms with Crippen molar-refractivity contribution in [3.63, 3.8) is 0 Å². The van der Waals surface area contributed by atoms with E-state index in [1.54, 1.807) is 7.11 Å². The molecule has 2 fully saturated rings. The molecule has 0 radical (unpaired) electrons. The molecule has 170 valence electrons. The minimum Gasteiger partial charge on any atom is -0.497 e. The lowest BCUT2D eigenvalue weighted by molar-refractivity contribution is -0.128. The number of ether oxygens (including phenoxy) is 2. The Morgan fingerprint density at radius 3 is 2.41 bits per heavy atom. The standard InChI is InChI=1S/C25H31N3O4/c1-31-22-7-9-23(10-8-22)32-17-16-26-12-14-27(15-13-26)25(30)21-5-2-4-20(18-21)19-28-11-3-6-24(28)29/h2,4-5,7-10,18H,3,6,11-17,19H2,1H3. The first kappa shape index (κ1) is 22.1. The summed E-state index contributed by atoms with van der Waals surface area (Å²) in [4.78, 5) is 31.0. The molecule has 0 aromatic heterocycles. The molecule has 2 heterocycles. The van der Waals surface area contributed by atoms with Gasteiger partial charge in [-0.05, 0) is 48.4 Å². The molecule has 2 aliphatic rings. The summed E-state index contributed by atoms with van der Waals surface area (Å²) in [6.45, 7) is 5.90. The van der Waals surface area contributed by atoms with Crippen LogP contribution in [0.3, 0.4) is 0 Å². The number of carbonyl (C=O) groups is 2. The Morgan fingerprint density at radius 1 is 0.969 bits per heavy atom. The van der Waals surface area contributed by atoms with Gasteiger partial charge in [0.15, 0.2) is 0 Å². The van der Waals surface area contributed by atoms with Crippen molar-refractivity contribution < 1.29 is 19.1 Å². The zero-order chi connectivity index (χ0) is 22.3. The van der Waals surface area contributed by atoms with Gasteiger partial charge in [0.05, 0.1) is 7.11 Å². The van der Waals surface area contributed by atoms with Crippen molar-refractivity contribution in [2.75, 3.05) is 53.0 Å². The Kier molecular flexibility index (Phi) is 7.27. The summed E-state index contributed by atoms with van der Waals surface area (Å²) < 4.78 is 11.0. The fraction of sp³-hybridized carbons (Fsp3) is 0.440. The number of hydrogen-bond donors (Lipinski definition) is 0. The third-order valence-electron chi connectivity index (χ3n) is 6.11. The number of carbonyl (C=O) groups excluding carboxylic acids is 2. The van der Waals surface area contributed by atoms with Crippen molar-refractivity contribution in [3.8, 4) is 11.5 Å². The minimum atomic E-state index is 0.0636. The maximum atomic E-state index is 13.0. The Morgan fingerprint density at radius 2 is 1.72 bits per heavy atom. The van der Waals surface area contributed by atoms with Gasteiger partial charge in [0.2, 0.25) is 5.91 Å². The summed E-state index contributed by atoms with van der Waals surface area (Å²) in [5.41, 5.74) is 1.71. The summed E-state index contributed by atoms with van der Waals surface area (Å²) in [5, 5.41) is 0. The lowest BCUT2D eigenvalue weighted by Crippen LogP contribution is -2.49. The topological polar surface area (TPSA) is 62.3 Å². The first-order valence-corrected chi connectivity index (χ1v) is 11.3. The van der Waals surface area contributed by atoms with Gasteiger partial charge >= 0.3 is 0 Å². The van der Waals surface area contributed by atoms with E-state index in [0.717, 1.165) is 49.7 Å². The van der Waals surface area contributed by atoms with Crippen LogP contribution in [0.5, 0.6) is 11.5 Å². The van der Waals surface area contributed by atoms with Crippen LogP contribution in [0.4, 0.5) is 0 Å². The van der Waals surface area contributed by atoms with Crippen LogP contribution >= 0.6 is 0 Å². The number of methoxy groups -OCH3 is 1. The Labute approximate surface area is 189 Å². The van der Waals surface area contributed by atoms with Gasteiger partial charge in [0.1, 0.15) is 18.1 Å². The third-order valence-corrected chi connectivity index (χ3v) is 6.11. The largest absolute Gasteiger partial charge is 0.497 e. The summed E-state index contributed by atoms with van der Waals surface area (Å²) in [5.74, 6) is 1.91. The molecule has 7 heteroatoms. The van der Waals surface area contributed by atoms with Crippen LogP contribution < -0.4 is 9.47 Å². The maximum Gasteiger partial charge on any atom is 0.253 e. The highest BCUT2D eigenvalue weighted by Crippen LogP contribution is 2.18. The van der Waals surface area contributed by atoms with E-state index in [1.165, 1.54) is 0 Å². The van der Waals surface area contributed by atoms with Gasteiger partial charge in [-0.25, -0.2) is 0 Å². The van der Waals surface area contributed by atoms with Crippen LogP contribution in [-0.2, 0) is 11.3 Å². The summed E-state index contributed by atoms with van der Waals surface area (Å²) >= 11 is 0. The van der Waals surface area contributed by atoms with Crippen LogP contribution in [0.15, 0.2) is 48.5 Å². The molecular formula is C25H31N3O4. The smallest absolute Gasteiger partial charge is 0.253 e. The second kappa shape index (κ2) is 10.5. The van der Waals surface area contributed by atoms with Gasteiger partial charge < -0.3 is 19.3 Å². The Balaban J connectivity index is 1.22. The molecule has 0 atom stereocenters. The van der Waals surface area contributed by atoms with E-state index in [2.05, 4.69) is 4.90 Å². The lowest BCUT2D eigenvalue weighted by atomic mass is 10.1. The van der Waals surface area contributed by atoms with Crippen LogP contribution in [0, 0.1) is 0 Å². The predicted molar refractivity (Wildman–Crippen MR) is 122 cm³/mol. The van der Waals surface area contributed by atoms with E-state index in [9.17, 15) is 9.59 Å². The maximum absolute atomic E-state index is 13.0. The number of rotatable bonds is 8. The highest BCUT2D eigenvalue weighted by Gasteiger charge is 2.23. The second-order valence-electron chi connectivity index (χ2n) is 8.28. The molecule has 0 unspecified atom stereocenters. The molecule has 0 spiro atoms. The molecule has 4 rings (SSSR count). The monoisotopic (exact) mass is 437 g/mol. The Hall–Kier alpha value is -3.06. The average Bonchev–Trinajstić information content (AvgIpc) is 3.24. The molecule has 7 nitrogen and oxygen atoms in total. The number of piperazine rings is 1. The van der Waals surface area contributed by atoms with Gasteiger partial charge in [-0.15, -0.1) is 0 Å². The van der Waals surface area contributed by atoms with E-state index in [4.69, 9.17) is 9.47 Å². The molecular weight excluding hydrogens is 406 g/mol. The number of amides is 2. The summed E-state index contributed by atoms with van der Waals surface area (Å²) in [6.07, 6.45) is 1.56. The zero-order valence-electron chi connectivity index (χ0n) is 18.7. The number of nitrogens with zero attached hydrogens (tertiary/aromatic N) is 3. The Bertz CT molecular complexity index is 923. The van der Waals surface area contributed by atoms with Gasteiger partial charge in [-0.1, -0.05) is 12.1 Å². The molecule has 2 aromatic rings. The SMILES string of the molecule is COc1ccc(OCCN2CCN(C(=O)c3cccc(CN4CCCC4=O)c3)CC2)cc1. The molecule has 2 saturated heterocycles. The predicted octanol–water partition coefficient (Wildman–Crippen LogP) is 2.65. The number of hydrogen-bond acceptors (Lipinski definition) is 5. The molecule has 32 heavy (non-hydrogen) atoms. The highest BCUT2D eigenvalue weighted by atomic mass is 16.5.